The van der Waals surface area contributed by atoms with Crippen molar-refractivity contribution in [3.8, 4) is 11.6 Å². The lowest BCUT2D eigenvalue weighted by Gasteiger charge is -2.24. The number of halogens is 3. The summed E-state index contributed by atoms with van der Waals surface area (Å²) < 4.78 is 43.0. The van der Waals surface area contributed by atoms with Crippen LogP contribution >= 0.6 is 0 Å². The van der Waals surface area contributed by atoms with E-state index in [4.69, 9.17) is 4.42 Å². The first-order valence-electron chi connectivity index (χ1n) is 10.8. The third-order valence-electron chi connectivity index (χ3n) is 5.53. The topological polar surface area (TPSA) is 114 Å². The van der Waals surface area contributed by atoms with E-state index in [0.29, 0.717) is 25.7 Å². The van der Waals surface area contributed by atoms with Gasteiger partial charge in [-0.25, -0.2) is 4.98 Å². The van der Waals surface area contributed by atoms with E-state index in [2.05, 4.69) is 42.3 Å². The Hall–Kier alpha value is -4.61. The number of hydrogen-bond acceptors (Lipinski definition) is 7. The number of aromatic nitrogens is 6. The van der Waals surface area contributed by atoms with Gasteiger partial charge in [0, 0.05) is 31.6 Å². The number of imidazole rings is 1. The van der Waals surface area contributed by atoms with Gasteiger partial charge in [0.25, 0.3) is 5.89 Å². The summed E-state index contributed by atoms with van der Waals surface area (Å²) in [5.74, 6) is -0.832. The van der Waals surface area contributed by atoms with E-state index < -0.39 is 17.6 Å². The van der Waals surface area contributed by atoms with Gasteiger partial charge < -0.3 is 14.3 Å². The van der Waals surface area contributed by atoms with Crippen LogP contribution in [0.5, 0.6) is 0 Å². The Morgan fingerprint density at radius 1 is 1.00 bits per heavy atom. The Balaban J connectivity index is 0.000000222. The van der Waals surface area contributed by atoms with E-state index >= 15 is 0 Å². The number of nitrogens with zero attached hydrogens (tertiary/aromatic N) is 6. The fourth-order valence-corrected chi connectivity index (χ4v) is 3.65. The third kappa shape index (κ3) is 4.92. The number of fused-ring (bicyclic) bond motifs is 2. The number of rotatable bonds is 2. The van der Waals surface area contributed by atoms with Gasteiger partial charge in [0.1, 0.15) is 5.69 Å². The number of benzene rings is 1. The second-order valence-electron chi connectivity index (χ2n) is 7.87. The van der Waals surface area contributed by atoms with Crippen molar-refractivity contribution in [3.63, 3.8) is 0 Å². The normalized spacial score (nSPS) is 13.1. The zero-order valence-corrected chi connectivity index (χ0v) is 18.6. The molecule has 5 aromatic rings. The molecular weight excluding hydrogens is 475 g/mol. The van der Waals surface area contributed by atoms with Crippen LogP contribution in [-0.4, -0.2) is 47.5 Å². The maximum Gasteiger partial charge on any atom is 0.417 e. The van der Waals surface area contributed by atoms with Crippen LogP contribution in [0, 0.1) is 0 Å². The zero-order chi connectivity index (χ0) is 25.1. The minimum Gasteiger partial charge on any atom is -0.411 e. The zero-order valence-electron chi connectivity index (χ0n) is 18.6. The average Bonchev–Trinajstić information content (AvgIpc) is 3.58. The molecule has 0 saturated carbocycles. The van der Waals surface area contributed by atoms with Crippen molar-refractivity contribution in [3.05, 3.63) is 90.2 Å². The Morgan fingerprint density at radius 3 is 2.58 bits per heavy atom. The highest BCUT2D eigenvalue weighted by molar-refractivity contribution is 5.89. The molecular formula is C24H18F3N7O2. The molecule has 0 bridgehead atoms. The maximum atomic E-state index is 12.6. The van der Waals surface area contributed by atoms with Crippen LogP contribution < -0.4 is 0 Å². The number of amides is 1. The average molecular weight is 493 g/mol. The molecule has 12 heteroatoms. The third-order valence-corrected chi connectivity index (χ3v) is 5.53. The number of hydrogen-bond donors (Lipinski definition) is 1. The predicted octanol–water partition coefficient (Wildman–Crippen LogP) is 4.31. The molecule has 0 fully saturated rings. The Labute approximate surface area is 202 Å². The number of carbonyl (C=O) groups is 1. The summed E-state index contributed by atoms with van der Waals surface area (Å²) in [4.78, 5) is 28.8. The SMILES string of the molecule is O=C(c1nnc(-c2ccc(C(F)(F)F)cn2)o1)N1CCc2nc[nH]c2C1.c1ccc2cnccc2c1. The van der Waals surface area contributed by atoms with Gasteiger partial charge >= 0.3 is 18.0 Å². The molecule has 9 nitrogen and oxygen atoms in total. The monoisotopic (exact) mass is 493 g/mol. The van der Waals surface area contributed by atoms with E-state index in [1.165, 1.54) is 15.7 Å². The lowest BCUT2D eigenvalue weighted by atomic mass is 10.1. The maximum absolute atomic E-state index is 12.6. The molecule has 36 heavy (non-hydrogen) atoms. The lowest BCUT2D eigenvalue weighted by Crippen LogP contribution is -2.36. The molecule has 1 N–H and O–H groups in total. The summed E-state index contributed by atoms with van der Waals surface area (Å²) in [6.07, 6.45) is 2.04. The van der Waals surface area contributed by atoms with Gasteiger partial charge in [0.05, 0.1) is 29.8 Å². The summed E-state index contributed by atoms with van der Waals surface area (Å²) >= 11 is 0. The molecule has 0 atom stereocenters. The van der Waals surface area contributed by atoms with E-state index in [9.17, 15) is 18.0 Å². The highest BCUT2D eigenvalue weighted by Crippen LogP contribution is 2.29. The first-order chi connectivity index (χ1) is 17.4. The summed E-state index contributed by atoms with van der Waals surface area (Å²) in [5, 5.41) is 9.83. The number of H-pyrrole nitrogens is 1. The molecule has 0 aliphatic carbocycles. The summed E-state index contributed by atoms with van der Waals surface area (Å²) in [7, 11) is 0. The number of alkyl halides is 3. The van der Waals surface area contributed by atoms with Crippen LogP contribution in [0.15, 0.2) is 71.8 Å². The molecule has 0 spiro atoms. The van der Waals surface area contributed by atoms with E-state index in [1.807, 2.05) is 30.6 Å². The van der Waals surface area contributed by atoms with Crippen molar-refractivity contribution in [2.75, 3.05) is 6.54 Å². The molecule has 1 amide bonds. The van der Waals surface area contributed by atoms with E-state index in [1.54, 1.807) is 6.33 Å². The van der Waals surface area contributed by atoms with E-state index in [0.717, 1.165) is 23.5 Å². The highest BCUT2D eigenvalue weighted by atomic mass is 19.4. The second kappa shape index (κ2) is 9.56. The minimum atomic E-state index is -4.48. The Kier molecular flexibility index (Phi) is 6.15. The van der Waals surface area contributed by atoms with Gasteiger partial charge in [0.15, 0.2) is 0 Å². The predicted molar refractivity (Wildman–Crippen MR) is 121 cm³/mol. The fourth-order valence-electron chi connectivity index (χ4n) is 3.65. The van der Waals surface area contributed by atoms with Crippen molar-refractivity contribution in [2.24, 2.45) is 0 Å². The summed E-state index contributed by atoms with van der Waals surface area (Å²) in [6.45, 7) is 0.789. The number of carbonyl (C=O) groups excluding carboxylic acids is 1. The van der Waals surface area contributed by atoms with Gasteiger partial charge in [-0.2, -0.15) is 13.2 Å². The molecule has 0 unspecified atom stereocenters. The number of nitrogens with one attached hydrogen (secondary N) is 1. The Bertz CT molecular complexity index is 1430. The molecule has 5 heterocycles. The molecule has 1 aliphatic heterocycles. The smallest absolute Gasteiger partial charge is 0.411 e. The van der Waals surface area contributed by atoms with Crippen LogP contribution in [0.3, 0.4) is 0 Å². The van der Waals surface area contributed by atoms with Crippen molar-refractivity contribution in [1.82, 2.24) is 35.0 Å². The van der Waals surface area contributed by atoms with Gasteiger partial charge in [-0.05, 0) is 29.0 Å². The van der Waals surface area contributed by atoms with Gasteiger partial charge in [-0.3, -0.25) is 14.8 Å². The highest BCUT2D eigenvalue weighted by Gasteiger charge is 2.31. The minimum absolute atomic E-state index is 0.0547. The van der Waals surface area contributed by atoms with Gasteiger partial charge in [-0.1, -0.05) is 24.3 Å². The summed E-state index contributed by atoms with van der Waals surface area (Å²) in [6, 6.07) is 12.2. The molecule has 4 aromatic heterocycles. The van der Waals surface area contributed by atoms with Gasteiger partial charge in [-0.15, -0.1) is 10.2 Å². The van der Waals surface area contributed by atoms with Crippen molar-refractivity contribution in [1.29, 1.82) is 0 Å². The van der Waals surface area contributed by atoms with Crippen LogP contribution in [-0.2, 0) is 19.1 Å². The van der Waals surface area contributed by atoms with Gasteiger partial charge in [0.2, 0.25) is 0 Å². The van der Waals surface area contributed by atoms with E-state index in [-0.39, 0.29) is 17.5 Å². The largest absolute Gasteiger partial charge is 0.417 e. The molecule has 1 aliphatic rings. The standard InChI is InChI=1S/C15H11F3N6O2.C9H7N/c16-15(17,18)8-1-2-10(19-5-8)12-22-23-13(26-12)14(25)24-4-3-9-11(6-24)21-7-20-9;1-2-4-9-7-10-6-5-8(9)3-1/h1-2,5,7H,3-4,6H2,(H,20,21);1-7H. The number of pyridine rings is 2. The van der Waals surface area contributed by atoms with Crippen LogP contribution in [0.25, 0.3) is 22.4 Å². The van der Waals surface area contributed by atoms with Crippen LogP contribution in [0.2, 0.25) is 0 Å². The van der Waals surface area contributed by atoms with Crippen LogP contribution in [0.4, 0.5) is 13.2 Å². The first kappa shape index (κ1) is 23.1. The van der Waals surface area contributed by atoms with Crippen molar-refractivity contribution < 1.29 is 22.4 Å². The summed E-state index contributed by atoms with van der Waals surface area (Å²) in [5.41, 5.74) is 0.919. The second-order valence-corrected chi connectivity index (χ2v) is 7.87. The molecule has 0 saturated heterocycles. The quantitative estimate of drug-likeness (QED) is 0.390. The van der Waals surface area contributed by atoms with Crippen molar-refractivity contribution >= 4 is 16.7 Å². The fraction of sp³-hybridized carbons (Fsp3) is 0.167. The van der Waals surface area contributed by atoms with Crippen molar-refractivity contribution in [2.45, 2.75) is 19.1 Å². The lowest BCUT2D eigenvalue weighted by molar-refractivity contribution is -0.137. The van der Waals surface area contributed by atoms with Crippen LogP contribution in [0.1, 0.15) is 27.6 Å². The number of aromatic amines is 1. The molecule has 6 rings (SSSR count). The Morgan fingerprint density at radius 2 is 1.83 bits per heavy atom. The molecule has 1 aromatic carbocycles. The first-order valence-corrected chi connectivity index (χ1v) is 10.8. The molecule has 182 valence electrons. The molecule has 0 radical (unpaired) electrons.